The van der Waals surface area contributed by atoms with Crippen LogP contribution in [0.2, 0.25) is 0 Å². The Balaban J connectivity index is 4.46. The van der Waals surface area contributed by atoms with Crippen LogP contribution in [-0.4, -0.2) is 37.2 Å². The maximum atomic E-state index is 12.9. The van der Waals surface area contributed by atoms with Crippen LogP contribution in [0, 0.1) is 0 Å². The van der Waals surface area contributed by atoms with E-state index in [1.807, 2.05) is 6.08 Å². The molecule has 0 heterocycles. The molecule has 0 N–H and O–H groups in total. The average Bonchev–Trinajstić information content (AvgIpc) is 3.41. The highest BCUT2D eigenvalue weighted by Crippen LogP contribution is 2.16. The second-order valence-corrected chi connectivity index (χ2v) is 20.2. The third kappa shape index (κ3) is 60.6. The van der Waals surface area contributed by atoms with E-state index in [4.69, 9.17) is 14.2 Å². The predicted octanol–water partition coefficient (Wildman–Crippen LogP) is 21.2. The lowest BCUT2D eigenvalue weighted by Gasteiger charge is -2.18. The zero-order valence-corrected chi connectivity index (χ0v) is 48.8. The molecule has 0 radical (unpaired) electrons. The standard InChI is InChI=1S/C69H114O6/c1-4-7-10-13-16-19-22-25-28-30-32-33-34-35-37-38-41-44-47-50-53-56-59-62-68(71)74-65-66(64-73-67(70)61-58-55-52-49-46-43-40-27-24-21-18-15-12-9-6-3)75-69(72)63-60-57-54-51-48-45-42-39-36-31-29-26-23-20-17-14-11-8-5-2/h8-9,11-12,17-18,20-21,26-27,29,36,39-40,45-46,48-49,55,58,66H,4-7,10,13-16,19,22-25,28,30-35,37-38,41-44,47,50-54,56-57,59-65H2,1-3H3/b11-8-,12-9-,20-17-,21-18-,29-26-,39-36-,40-27-,48-45-,49-46-,58-55-. The summed E-state index contributed by atoms with van der Waals surface area (Å²) >= 11 is 0. The monoisotopic (exact) mass is 1040 g/mol. The topological polar surface area (TPSA) is 78.9 Å². The van der Waals surface area contributed by atoms with E-state index in [1.54, 1.807) is 6.08 Å². The highest BCUT2D eigenvalue weighted by Gasteiger charge is 2.19. The van der Waals surface area contributed by atoms with Gasteiger partial charge >= 0.3 is 17.9 Å². The van der Waals surface area contributed by atoms with E-state index in [2.05, 4.69) is 130 Å². The second-order valence-electron chi connectivity index (χ2n) is 20.2. The minimum absolute atomic E-state index is 0.116. The first-order valence-electron chi connectivity index (χ1n) is 31.0. The highest BCUT2D eigenvalue weighted by atomic mass is 16.6. The summed E-state index contributed by atoms with van der Waals surface area (Å²) in [7, 11) is 0. The van der Waals surface area contributed by atoms with Crippen molar-refractivity contribution < 1.29 is 28.6 Å². The Morgan fingerprint density at radius 3 is 0.933 bits per heavy atom. The Labute approximate surface area is 462 Å². The number of allylic oxidation sites excluding steroid dienone is 19. The first kappa shape index (κ1) is 70.8. The average molecular weight is 1040 g/mol. The number of esters is 3. The quantitative estimate of drug-likeness (QED) is 0.0261. The lowest BCUT2D eigenvalue weighted by atomic mass is 10.0. The lowest BCUT2D eigenvalue weighted by Crippen LogP contribution is -2.30. The minimum Gasteiger partial charge on any atom is -0.462 e. The Kier molecular flexibility index (Phi) is 58.9. The number of carbonyl (C=O) groups excluding carboxylic acids is 3. The van der Waals surface area contributed by atoms with Crippen LogP contribution in [0.25, 0.3) is 0 Å². The summed E-state index contributed by atoms with van der Waals surface area (Å²) < 4.78 is 16.8. The zero-order chi connectivity index (χ0) is 54.3. The molecule has 0 saturated heterocycles. The number of hydrogen-bond acceptors (Lipinski definition) is 6. The van der Waals surface area contributed by atoms with Gasteiger partial charge in [0.2, 0.25) is 0 Å². The van der Waals surface area contributed by atoms with E-state index in [-0.39, 0.29) is 38.0 Å². The number of carbonyl (C=O) groups is 3. The maximum Gasteiger partial charge on any atom is 0.309 e. The molecule has 0 aliphatic heterocycles. The van der Waals surface area contributed by atoms with Crippen LogP contribution in [0.5, 0.6) is 0 Å². The van der Waals surface area contributed by atoms with Gasteiger partial charge < -0.3 is 14.2 Å². The lowest BCUT2D eigenvalue weighted by molar-refractivity contribution is -0.166. The molecule has 0 saturated carbocycles. The van der Waals surface area contributed by atoms with Crippen molar-refractivity contribution >= 4 is 17.9 Å². The van der Waals surface area contributed by atoms with Crippen LogP contribution < -0.4 is 0 Å². The van der Waals surface area contributed by atoms with Gasteiger partial charge in [0.15, 0.2) is 6.10 Å². The van der Waals surface area contributed by atoms with Crippen LogP contribution in [0.15, 0.2) is 122 Å². The molecule has 0 bridgehead atoms. The van der Waals surface area contributed by atoms with E-state index in [9.17, 15) is 14.4 Å². The number of unbranched alkanes of at least 4 members (excludes halogenated alkanes) is 25. The van der Waals surface area contributed by atoms with Gasteiger partial charge in [-0.25, -0.2) is 0 Å². The molecule has 6 heteroatoms. The molecule has 0 fully saturated rings. The van der Waals surface area contributed by atoms with Crippen molar-refractivity contribution in [2.75, 3.05) is 13.2 Å². The molecule has 1 atom stereocenters. The van der Waals surface area contributed by atoms with Crippen molar-refractivity contribution in [2.24, 2.45) is 0 Å². The zero-order valence-electron chi connectivity index (χ0n) is 48.8. The molecule has 0 aliphatic carbocycles. The fourth-order valence-electron chi connectivity index (χ4n) is 8.43. The molecule has 0 aliphatic rings. The van der Waals surface area contributed by atoms with Crippen molar-refractivity contribution in [2.45, 2.75) is 284 Å². The van der Waals surface area contributed by atoms with E-state index in [0.717, 1.165) is 103 Å². The van der Waals surface area contributed by atoms with Gasteiger partial charge in [0.1, 0.15) is 13.2 Å². The van der Waals surface area contributed by atoms with Gasteiger partial charge in [-0.1, -0.05) is 290 Å². The molecular formula is C69H114O6. The largest absolute Gasteiger partial charge is 0.462 e. The second kappa shape index (κ2) is 62.4. The van der Waals surface area contributed by atoms with E-state index < -0.39 is 12.1 Å². The highest BCUT2D eigenvalue weighted by molar-refractivity contribution is 5.72. The van der Waals surface area contributed by atoms with Gasteiger partial charge in [-0.2, -0.15) is 0 Å². The summed E-state index contributed by atoms with van der Waals surface area (Å²) in [5.41, 5.74) is 0. The summed E-state index contributed by atoms with van der Waals surface area (Å²) in [5.74, 6) is -1.09. The van der Waals surface area contributed by atoms with E-state index >= 15 is 0 Å². The summed E-state index contributed by atoms with van der Waals surface area (Å²) in [6.45, 7) is 6.32. The van der Waals surface area contributed by atoms with Crippen molar-refractivity contribution in [3.8, 4) is 0 Å². The number of ether oxygens (including phenoxy) is 3. The molecular weight excluding hydrogens is 925 g/mol. The smallest absolute Gasteiger partial charge is 0.309 e. The van der Waals surface area contributed by atoms with Gasteiger partial charge in [-0.3, -0.25) is 14.4 Å². The van der Waals surface area contributed by atoms with Crippen molar-refractivity contribution in [1.82, 2.24) is 0 Å². The Hall–Kier alpha value is -4.19. The molecule has 1 unspecified atom stereocenters. The number of hydrogen-bond donors (Lipinski definition) is 0. The third-order valence-electron chi connectivity index (χ3n) is 13.0. The number of rotatable bonds is 55. The van der Waals surface area contributed by atoms with Crippen LogP contribution in [-0.2, 0) is 28.6 Å². The van der Waals surface area contributed by atoms with E-state index in [0.29, 0.717) is 12.8 Å². The first-order valence-corrected chi connectivity index (χ1v) is 31.0. The van der Waals surface area contributed by atoms with Crippen molar-refractivity contribution in [1.29, 1.82) is 0 Å². The molecule has 75 heavy (non-hydrogen) atoms. The van der Waals surface area contributed by atoms with Crippen LogP contribution in [0.3, 0.4) is 0 Å². The molecule has 0 aromatic rings. The van der Waals surface area contributed by atoms with Crippen LogP contribution >= 0.6 is 0 Å². The molecule has 0 amide bonds. The normalized spacial score (nSPS) is 12.9. The summed E-state index contributed by atoms with van der Waals surface area (Å²) in [6, 6.07) is 0. The van der Waals surface area contributed by atoms with E-state index in [1.165, 1.54) is 128 Å². The Morgan fingerprint density at radius 1 is 0.293 bits per heavy atom. The molecule has 0 aromatic heterocycles. The van der Waals surface area contributed by atoms with Gasteiger partial charge in [-0.15, -0.1) is 0 Å². The van der Waals surface area contributed by atoms with Gasteiger partial charge in [0.05, 0.1) is 6.42 Å². The fourth-order valence-corrected chi connectivity index (χ4v) is 8.43. The van der Waals surface area contributed by atoms with Gasteiger partial charge in [0, 0.05) is 12.8 Å². The molecule has 6 nitrogen and oxygen atoms in total. The van der Waals surface area contributed by atoms with Crippen LogP contribution in [0.4, 0.5) is 0 Å². The predicted molar refractivity (Wildman–Crippen MR) is 325 cm³/mol. The molecule has 0 aromatic carbocycles. The first-order chi connectivity index (χ1) is 37.0. The third-order valence-corrected chi connectivity index (χ3v) is 13.0. The summed E-state index contributed by atoms with van der Waals surface area (Å²) in [5, 5.41) is 0. The van der Waals surface area contributed by atoms with Crippen molar-refractivity contribution in [3.63, 3.8) is 0 Å². The maximum absolute atomic E-state index is 12.9. The van der Waals surface area contributed by atoms with Gasteiger partial charge in [-0.05, 0) is 89.9 Å². The summed E-state index contributed by atoms with van der Waals surface area (Å²) in [6.07, 6.45) is 86.6. The van der Waals surface area contributed by atoms with Crippen molar-refractivity contribution in [3.05, 3.63) is 122 Å². The molecule has 0 spiro atoms. The SMILES string of the molecule is CC/C=C\C/C=C\C/C=C\C/C=C\C/C=C\CCCCCC(=O)OC(COC(=O)C/C=C\C/C=C\C/C=C\C/C=C\C/C=C\CC)COC(=O)CCCCCCCCCCCCCCCCCCCCCCCCC. The van der Waals surface area contributed by atoms with Gasteiger partial charge in [0.25, 0.3) is 0 Å². The fraction of sp³-hybridized carbons (Fsp3) is 0.667. The summed E-state index contributed by atoms with van der Waals surface area (Å²) in [4.78, 5) is 38.2. The molecule has 0 rings (SSSR count). The Bertz CT molecular complexity index is 1570. The van der Waals surface area contributed by atoms with Crippen LogP contribution in [0.1, 0.15) is 278 Å². The Morgan fingerprint density at radius 2 is 0.573 bits per heavy atom. The molecule has 426 valence electrons. The minimum atomic E-state index is -0.838.